The van der Waals surface area contributed by atoms with Crippen LogP contribution in [-0.2, 0) is 28.4 Å². The molecule has 0 heterocycles. The maximum Gasteiger partial charge on any atom is 0.416 e. The predicted octanol–water partition coefficient (Wildman–Crippen LogP) is 4.17. The average molecular weight is 444 g/mol. The van der Waals surface area contributed by atoms with E-state index in [2.05, 4.69) is 5.32 Å². The number of carbonyl (C=O) groups excluding carboxylic acids is 1. The summed E-state index contributed by atoms with van der Waals surface area (Å²) in [6.07, 6.45) is -4.79. The van der Waals surface area contributed by atoms with Gasteiger partial charge in [-0.05, 0) is 40.8 Å². The van der Waals surface area contributed by atoms with Crippen LogP contribution in [0.2, 0.25) is 0 Å². The lowest BCUT2D eigenvalue weighted by molar-refractivity contribution is -0.138. The fraction of sp³-hybridized carbons (Fsp3) is 0.350. The van der Waals surface area contributed by atoms with Crippen molar-refractivity contribution in [3.63, 3.8) is 0 Å². The monoisotopic (exact) mass is 444 g/mol. The zero-order valence-electron chi connectivity index (χ0n) is 16.9. The largest absolute Gasteiger partial charge is 0.416 e. The van der Waals surface area contributed by atoms with E-state index < -0.39 is 34.5 Å². The highest BCUT2D eigenvalue weighted by Gasteiger charge is 2.34. The van der Waals surface area contributed by atoms with Crippen LogP contribution < -0.4 is 9.62 Å². The molecule has 0 saturated carbocycles. The predicted molar refractivity (Wildman–Crippen MR) is 108 cm³/mol. The summed E-state index contributed by atoms with van der Waals surface area (Å²) in [5, 5.41) is 2.44. The van der Waals surface area contributed by atoms with Gasteiger partial charge in [-0.1, -0.05) is 39.0 Å². The first-order valence-electron chi connectivity index (χ1n) is 8.91. The van der Waals surface area contributed by atoms with Crippen LogP contribution >= 0.6 is 0 Å². The third kappa shape index (κ3) is 5.73. The number of nitrogens with one attached hydrogen (secondary N) is 1. The van der Waals surface area contributed by atoms with E-state index in [-0.39, 0.29) is 16.7 Å². The first-order chi connectivity index (χ1) is 13.6. The van der Waals surface area contributed by atoms with Gasteiger partial charge in [-0.15, -0.1) is 0 Å². The lowest BCUT2D eigenvalue weighted by Gasteiger charge is -2.20. The Labute approximate surface area is 173 Å². The van der Waals surface area contributed by atoms with Crippen LogP contribution in [0.25, 0.3) is 0 Å². The molecule has 2 aromatic carbocycles. The summed E-state index contributed by atoms with van der Waals surface area (Å²) in [7, 11) is -3.79. The Bertz CT molecular complexity index is 1030. The van der Waals surface area contributed by atoms with Crippen molar-refractivity contribution in [2.45, 2.75) is 38.9 Å². The molecule has 0 radical (unpaired) electrons. The summed E-state index contributed by atoms with van der Waals surface area (Å²) >= 11 is 0. The fourth-order valence-electron chi connectivity index (χ4n) is 2.71. The normalized spacial score (nSPS) is 12.5. The number of hydrogen-bond donors (Lipinski definition) is 2. The molecule has 1 amide bonds. The van der Waals surface area contributed by atoms with Crippen molar-refractivity contribution < 1.29 is 30.9 Å². The Morgan fingerprint density at radius 2 is 1.63 bits per heavy atom. The molecule has 0 unspecified atom stereocenters. The molecule has 0 saturated heterocycles. The zero-order chi connectivity index (χ0) is 22.9. The van der Waals surface area contributed by atoms with Crippen molar-refractivity contribution in [1.82, 2.24) is 5.32 Å². The van der Waals surface area contributed by atoms with Crippen molar-refractivity contribution in [3.05, 3.63) is 64.7 Å². The van der Waals surface area contributed by atoms with E-state index in [0.717, 1.165) is 24.7 Å². The summed E-state index contributed by atoms with van der Waals surface area (Å²) in [6.45, 7) is 5.64. The topological polar surface area (TPSA) is 86.7 Å². The Morgan fingerprint density at radius 1 is 1.07 bits per heavy atom. The smallest absolute Gasteiger partial charge is 0.348 e. The molecular formula is C20H23F3N2O4S. The summed E-state index contributed by atoms with van der Waals surface area (Å²) in [4.78, 5) is 12.3. The molecule has 30 heavy (non-hydrogen) atoms. The van der Waals surface area contributed by atoms with Crippen LogP contribution in [0.1, 0.15) is 47.8 Å². The second-order valence-electron chi connectivity index (χ2n) is 7.79. The molecule has 6 nitrogen and oxygen atoms in total. The van der Waals surface area contributed by atoms with E-state index >= 15 is 0 Å². The average Bonchev–Trinajstić information content (AvgIpc) is 2.63. The third-order valence-electron chi connectivity index (χ3n) is 4.56. The number of anilines is 1. The number of benzene rings is 2. The molecule has 0 bridgehead atoms. The molecule has 0 aliphatic heterocycles. The molecule has 164 valence electrons. The molecule has 0 fully saturated rings. The summed E-state index contributed by atoms with van der Waals surface area (Å²) in [5.41, 5.74) is -0.504. The minimum atomic E-state index is -4.79. The summed E-state index contributed by atoms with van der Waals surface area (Å²) < 4.78 is 72.1. The Balaban J connectivity index is 2.24. The number of alkyl halides is 3. The van der Waals surface area contributed by atoms with Crippen molar-refractivity contribution >= 4 is 21.9 Å². The first kappa shape index (κ1) is 23.7. The highest BCUT2D eigenvalue weighted by Crippen LogP contribution is 2.35. The van der Waals surface area contributed by atoms with E-state index in [4.69, 9.17) is 4.55 Å². The van der Waals surface area contributed by atoms with E-state index in [1.54, 1.807) is 24.3 Å². The van der Waals surface area contributed by atoms with E-state index in [1.807, 2.05) is 20.8 Å². The second kappa shape index (κ2) is 8.27. The van der Waals surface area contributed by atoms with Gasteiger partial charge in [0.1, 0.15) is 0 Å². The minimum absolute atomic E-state index is 0.104. The Kier molecular flexibility index (Phi) is 6.53. The standard InChI is InChI=1S/C20H23F3N2O4S/c1-19(2,3)15-8-5-13(6-9-15)18(26)24-12-14-7-10-16(25(4)30(27,28)29)11-17(14)20(21,22)23/h5-11H,12H2,1-4H3,(H,24,26)(H,27,28,29). The van der Waals surface area contributed by atoms with Gasteiger partial charge in [0.25, 0.3) is 5.91 Å². The van der Waals surface area contributed by atoms with Crippen molar-refractivity contribution in [2.24, 2.45) is 0 Å². The number of carbonyl (C=O) groups is 1. The van der Waals surface area contributed by atoms with Crippen LogP contribution in [0.4, 0.5) is 18.9 Å². The molecule has 2 rings (SSSR count). The highest BCUT2D eigenvalue weighted by atomic mass is 32.2. The highest BCUT2D eigenvalue weighted by molar-refractivity contribution is 7.87. The zero-order valence-corrected chi connectivity index (χ0v) is 17.7. The van der Waals surface area contributed by atoms with Crippen molar-refractivity contribution in [1.29, 1.82) is 0 Å². The van der Waals surface area contributed by atoms with Gasteiger partial charge in [0.05, 0.1) is 11.3 Å². The number of rotatable bonds is 5. The maximum atomic E-state index is 13.4. The van der Waals surface area contributed by atoms with E-state index in [1.165, 1.54) is 0 Å². The second-order valence-corrected chi connectivity index (χ2v) is 9.24. The molecule has 2 aromatic rings. The first-order valence-corrected chi connectivity index (χ1v) is 10.3. The van der Waals surface area contributed by atoms with Gasteiger partial charge in [0, 0.05) is 19.2 Å². The molecule has 0 aliphatic carbocycles. The molecule has 0 spiro atoms. The molecule has 0 aliphatic rings. The van der Waals surface area contributed by atoms with E-state index in [9.17, 15) is 26.4 Å². The van der Waals surface area contributed by atoms with Gasteiger partial charge in [-0.25, -0.2) is 0 Å². The molecule has 10 heteroatoms. The third-order valence-corrected chi connectivity index (χ3v) is 5.46. The fourth-order valence-corrected chi connectivity index (χ4v) is 3.09. The van der Waals surface area contributed by atoms with Crippen LogP contribution in [0.15, 0.2) is 42.5 Å². The quantitative estimate of drug-likeness (QED) is 0.678. The van der Waals surface area contributed by atoms with Gasteiger partial charge in [0.15, 0.2) is 0 Å². The Morgan fingerprint density at radius 3 is 2.10 bits per heavy atom. The van der Waals surface area contributed by atoms with Gasteiger partial charge < -0.3 is 5.32 Å². The van der Waals surface area contributed by atoms with Gasteiger partial charge in [0.2, 0.25) is 0 Å². The van der Waals surface area contributed by atoms with E-state index in [0.29, 0.717) is 15.9 Å². The van der Waals surface area contributed by atoms with Crippen LogP contribution in [0, 0.1) is 0 Å². The Hall–Kier alpha value is -2.59. The molecule has 2 N–H and O–H groups in total. The molecular weight excluding hydrogens is 421 g/mol. The molecule has 0 atom stereocenters. The van der Waals surface area contributed by atoms with Gasteiger partial charge in [-0.3, -0.25) is 13.7 Å². The van der Waals surface area contributed by atoms with Gasteiger partial charge >= 0.3 is 16.5 Å². The minimum Gasteiger partial charge on any atom is -0.348 e. The van der Waals surface area contributed by atoms with Crippen LogP contribution in [0.5, 0.6) is 0 Å². The maximum absolute atomic E-state index is 13.4. The SMILES string of the molecule is CN(c1ccc(CNC(=O)c2ccc(C(C)(C)C)cc2)c(C(F)(F)F)c1)S(=O)(=O)O. The number of nitrogens with zero attached hydrogens (tertiary/aromatic N) is 1. The molecule has 0 aromatic heterocycles. The number of amides is 1. The lowest BCUT2D eigenvalue weighted by atomic mass is 9.87. The number of halogens is 3. The van der Waals surface area contributed by atoms with Crippen molar-refractivity contribution in [3.8, 4) is 0 Å². The van der Waals surface area contributed by atoms with Crippen molar-refractivity contribution in [2.75, 3.05) is 11.4 Å². The lowest BCUT2D eigenvalue weighted by Crippen LogP contribution is -2.27. The van der Waals surface area contributed by atoms with Crippen LogP contribution in [-0.4, -0.2) is 25.9 Å². The summed E-state index contributed by atoms with van der Waals surface area (Å²) in [6, 6.07) is 9.56. The number of hydrogen-bond acceptors (Lipinski definition) is 3. The van der Waals surface area contributed by atoms with Crippen LogP contribution in [0.3, 0.4) is 0 Å². The van der Waals surface area contributed by atoms with Gasteiger partial charge in [-0.2, -0.15) is 21.6 Å². The summed E-state index contributed by atoms with van der Waals surface area (Å²) in [5.74, 6) is -0.539.